The summed E-state index contributed by atoms with van der Waals surface area (Å²) >= 11 is 1.51. The van der Waals surface area contributed by atoms with E-state index in [2.05, 4.69) is 29.4 Å². The summed E-state index contributed by atoms with van der Waals surface area (Å²) < 4.78 is 21.2. The van der Waals surface area contributed by atoms with Crippen molar-refractivity contribution in [1.82, 2.24) is 4.98 Å². The summed E-state index contributed by atoms with van der Waals surface area (Å²) in [6.07, 6.45) is 8.28. The third-order valence-corrected chi connectivity index (χ3v) is 5.23. The molecule has 1 aromatic heterocycles. The van der Waals surface area contributed by atoms with Gasteiger partial charge in [-0.25, -0.2) is 9.37 Å². The number of unbranched alkanes of at least 4 members (excludes halogenated alkanes) is 2. The minimum atomic E-state index is -0.476. The van der Waals surface area contributed by atoms with E-state index in [-0.39, 0.29) is 18.1 Å². The fourth-order valence-electron chi connectivity index (χ4n) is 2.91. The number of carbonyl (C=O) groups is 1. The first-order valence-electron chi connectivity index (χ1n) is 9.85. The Hall–Kier alpha value is -2.73. The number of benzene rings is 2. The number of aromatic nitrogens is 1. The van der Waals surface area contributed by atoms with Gasteiger partial charge in [-0.05, 0) is 37.1 Å². The van der Waals surface area contributed by atoms with Crippen LogP contribution in [0, 0.1) is 5.82 Å². The molecule has 0 atom stereocenters. The van der Waals surface area contributed by atoms with Gasteiger partial charge in [0, 0.05) is 11.3 Å². The van der Waals surface area contributed by atoms with Crippen LogP contribution in [0.1, 0.15) is 38.2 Å². The Labute approximate surface area is 174 Å². The van der Waals surface area contributed by atoms with E-state index in [1.54, 1.807) is 29.8 Å². The van der Waals surface area contributed by atoms with Crippen LogP contribution in [-0.4, -0.2) is 17.5 Å². The van der Waals surface area contributed by atoms with Crippen molar-refractivity contribution in [3.8, 4) is 5.75 Å². The van der Waals surface area contributed by atoms with Gasteiger partial charge in [0.25, 0.3) is 0 Å². The van der Waals surface area contributed by atoms with Gasteiger partial charge >= 0.3 is 0 Å². The maximum absolute atomic E-state index is 14.7. The van der Waals surface area contributed by atoms with Crippen LogP contribution in [0.3, 0.4) is 0 Å². The molecule has 2 aromatic carbocycles. The second kappa shape index (κ2) is 10.7. The average Bonchev–Trinajstić information content (AvgIpc) is 3.17. The third kappa shape index (κ3) is 6.12. The number of carbonyl (C=O) groups excluding carboxylic acids is 1. The highest BCUT2D eigenvalue weighted by Crippen LogP contribution is 2.23. The Bertz CT molecular complexity index is 984. The van der Waals surface area contributed by atoms with Crippen LogP contribution in [0.4, 0.5) is 10.1 Å². The molecular weight excluding hydrogens is 387 g/mol. The number of hydrogen-bond acceptors (Lipinski definition) is 4. The molecule has 0 saturated heterocycles. The van der Waals surface area contributed by atoms with Crippen LogP contribution in [-0.2, 0) is 11.2 Å². The van der Waals surface area contributed by atoms with Crippen molar-refractivity contribution in [1.29, 1.82) is 0 Å². The largest absolute Gasteiger partial charge is 0.490 e. The normalized spacial score (nSPS) is 11.2. The van der Waals surface area contributed by atoms with Crippen LogP contribution in [0.25, 0.3) is 10.2 Å². The Morgan fingerprint density at radius 1 is 1.24 bits per heavy atom. The SMILES string of the molecule is CCCCC=CCCOc1cccc(CC(=O)Nc2ccc3ncsc3c2)c1F. The molecule has 1 amide bonds. The number of thiazole rings is 1. The highest BCUT2D eigenvalue weighted by Gasteiger charge is 2.13. The molecule has 6 heteroatoms. The van der Waals surface area contributed by atoms with Gasteiger partial charge < -0.3 is 10.1 Å². The smallest absolute Gasteiger partial charge is 0.228 e. The van der Waals surface area contributed by atoms with E-state index in [4.69, 9.17) is 4.74 Å². The molecule has 0 aliphatic rings. The molecule has 3 rings (SSSR count). The summed E-state index contributed by atoms with van der Waals surface area (Å²) in [4.78, 5) is 16.6. The van der Waals surface area contributed by atoms with Gasteiger partial charge in [-0.3, -0.25) is 4.79 Å². The zero-order valence-electron chi connectivity index (χ0n) is 16.5. The van der Waals surface area contributed by atoms with Crippen LogP contribution in [0.15, 0.2) is 54.1 Å². The van der Waals surface area contributed by atoms with Gasteiger partial charge in [-0.2, -0.15) is 0 Å². The van der Waals surface area contributed by atoms with Crippen molar-refractivity contribution in [2.75, 3.05) is 11.9 Å². The molecule has 0 spiro atoms. The van der Waals surface area contributed by atoms with E-state index < -0.39 is 5.82 Å². The first kappa shape index (κ1) is 21.0. The fraction of sp³-hybridized carbons (Fsp3) is 0.304. The molecule has 0 aliphatic heterocycles. The number of ether oxygens (including phenoxy) is 1. The Kier molecular flexibility index (Phi) is 7.76. The number of allylic oxidation sites excluding steroid dienone is 1. The summed E-state index contributed by atoms with van der Waals surface area (Å²) in [5, 5.41) is 2.82. The first-order chi connectivity index (χ1) is 14.2. The summed E-state index contributed by atoms with van der Waals surface area (Å²) in [6.45, 7) is 2.57. The van der Waals surface area contributed by atoms with Gasteiger partial charge in [0.05, 0.1) is 28.8 Å². The zero-order chi connectivity index (χ0) is 20.5. The fourth-order valence-corrected chi connectivity index (χ4v) is 3.63. The maximum Gasteiger partial charge on any atom is 0.228 e. The first-order valence-corrected chi connectivity index (χ1v) is 10.7. The number of halogens is 1. The predicted octanol–water partition coefficient (Wildman–Crippen LogP) is 6.13. The van der Waals surface area contributed by atoms with Gasteiger partial charge in [0.1, 0.15) is 0 Å². The number of fused-ring (bicyclic) bond motifs is 1. The lowest BCUT2D eigenvalue weighted by Crippen LogP contribution is -2.15. The highest BCUT2D eigenvalue weighted by atomic mass is 32.1. The summed E-state index contributed by atoms with van der Waals surface area (Å²) in [5.41, 5.74) is 3.65. The van der Waals surface area contributed by atoms with Gasteiger partial charge in [-0.1, -0.05) is 44.1 Å². The van der Waals surface area contributed by atoms with Crippen molar-refractivity contribution >= 4 is 33.1 Å². The molecule has 29 heavy (non-hydrogen) atoms. The summed E-state index contributed by atoms with van der Waals surface area (Å²) in [7, 11) is 0. The second-order valence-electron chi connectivity index (χ2n) is 6.74. The van der Waals surface area contributed by atoms with Crippen LogP contribution >= 0.6 is 11.3 Å². The van der Waals surface area contributed by atoms with E-state index in [1.165, 1.54) is 24.2 Å². The van der Waals surface area contributed by atoms with E-state index in [1.807, 2.05) is 12.1 Å². The van der Waals surface area contributed by atoms with Crippen molar-refractivity contribution in [3.05, 3.63) is 65.4 Å². The average molecular weight is 413 g/mol. The molecule has 0 aliphatic carbocycles. The molecule has 0 radical (unpaired) electrons. The maximum atomic E-state index is 14.7. The van der Waals surface area contributed by atoms with Crippen molar-refractivity contribution in [2.45, 2.75) is 39.0 Å². The van der Waals surface area contributed by atoms with Crippen LogP contribution < -0.4 is 10.1 Å². The summed E-state index contributed by atoms with van der Waals surface area (Å²) in [6, 6.07) is 10.4. The minimum Gasteiger partial charge on any atom is -0.490 e. The van der Waals surface area contributed by atoms with Gasteiger partial charge in [0.15, 0.2) is 11.6 Å². The van der Waals surface area contributed by atoms with Crippen molar-refractivity contribution in [3.63, 3.8) is 0 Å². The molecular formula is C23H25FN2O2S. The second-order valence-corrected chi connectivity index (χ2v) is 7.63. The molecule has 4 nitrogen and oxygen atoms in total. The van der Waals surface area contributed by atoms with Crippen molar-refractivity contribution < 1.29 is 13.9 Å². The van der Waals surface area contributed by atoms with E-state index in [9.17, 15) is 9.18 Å². The predicted molar refractivity (Wildman–Crippen MR) is 117 cm³/mol. The molecule has 0 unspecified atom stereocenters. The number of amides is 1. The number of nitrogens with one attached hydrogen (secondary N) is 1. The number of hydrogen-bond donors (Lipinski definition) is 1. The van der Waals surface area contributed by atoms with E-state index in [0.29, 0.717) is 17.9 Å². The lowest BCUT2D eigenvalue weighted by Gasteiger charge is -2.10. The Morgan fingerprint density at radius 3 is 2.97 bits per heavy atom. The zero-order valence-corrected chi connectivity index (χ0v) is 17.3. The standard InChI is InChI=1S/C23H25FN2O2S/c1-2-3-4-5-6-7-13-28-20-10-8-9-17(23(20)24)14-22(27)26-18-11-12-19-21(15-18)29-16-25-19/h5-6,8-12,15-16H,2-4,7,13-14H2,1H3,(H,26,27). The molecule has 0 fully saturated rings. The van der Waals surface area contributed by atoms with Crippen LogP contribution in [0.2, 0.25) is 0 Å². The number of nitrogens with zero attached hydrogens (tertiary/aromatic N) is 1. The molecule has 0 bridgehead atoms. The number of rotatable bonds is 10. The highest BCUT2D eigenvalue weighted by molar-refractivity contribution is 7.16. The molecule has 152 valence electrons. The quantitative estimate of drug-likeness (QED) is 0.322. The number of anilines is 1. The Balaban J connectivity index is 1.54. The molecule has 0 saturated carbocycles. The minimum absolute atomic E-state index is 0.0549. The Morgan fingerprint density at radius 2 is 2.10 bits per heavy atom. The molecule has 1 N–H and O–H groups in total. The molecule has 1 heterocycles. The topological polar surface area (TPSA) is 51.2 Å². The lowest BCUT2D eigenvalue weighted by molar-refractivity contribution is -0.115. The van der Waals surface area contributed by atoms with Gasteiger partial charge in [-0.15, -0.1) is 11.3 Å². The van der Waals surface area contributed by atoms with E-state index in [0.717, 1.165) is 23.1 Å². The van der Waals surface area contributed by atoms with E-state index >= 15 is 0 Å². The molecule has 3 aromatic rings. The van der Waals surface area contributed by atoms with Crippen molar-refractivity contribution in [2.24, 2.45) is 0 Å². The third-order valence-electron chi connectivity index (χ3n) is 4.44. The monoisotopic (exact) mass is 412 g/mol. The van der Waals surface area contributed by atoms with Crippen LogP contribution in [0.5, 0.6) is 5.75 Å². The van der Waals surface area contributed by atoms with Gasteiger partial charge in [0.2, 0.25) is 5.91 Å². The lowest BCUT2D eigenvalue weighted by atomic mass is 10.1. The summed E-state index contributed by atoms with van der Waals surface area (Å²) in [5.74, 6) is -0.567.